The van der Waals surface area contributed by atoms with Crippen LogP contribution in [0.5, 0.6) is 0 Å². The molecule has 352 valence electrons. The van der Waals surface area contributed by atoms with E-state index in [0.29, 0.717) is 25.7 Å². The fourth-order valence-corrected chi connectivity index (χ4v) is 6.76. The van der Waals surface area contributed by atoms with Crippen molar-refractivity contribution >= 4 is 22.1 Å². The Balaban J connectivity index is 2.55. The summed E-state index contributed by atoms with van der Waals surface area (Å²) in [5, 5.41) is 30.9. The van der Waals surface area contributed by atoms with Gasteiger partial charge in [-0.2, -0.15) is 8.42 Å². The fourth-order valence-electron chi connectivity index (χ4n) is 6.07. The minimum absolute atomic E-state index is 0.0709. The van der Waals surface area contributed by atoms with Crippen LogP contribution in [-0.2, 0) is 38.7 Å². The monoisotopic (exact) mass is 891 g/mol. The van der Waals surface area contributed by atoms with Gasteiger partial charge in [0.2, 0.25) is 0 Å². The molecule has 0 bridgehead atoms. The first-order valence-corrected chi connectivity index (χ1v) is 24.4. The molecule has 12 nitrogen and oxygen atoms in total. The minimum atomic E-state index is -4.62. The van der Waals surface area contributed by atoms with Crippen molar-refractivity contribution in [3.8, 4) is 0 Å². The maximum absolute atomic E-state index is 12.8. The summed E-state index contributed by atoms with van der Waals surface area (Å²) in [6.45, 7) is 3.59. The second-order valence-electron chi connectivity index (χ2n) is 15.4. The number of esters is 2. The van der Waals surface area contributed by atoms with Gasteiger partial charge in [-0.3, -0.25) is 14.1 Å². The van der Waals surface area contributed by atoms with Crippen LogP contribution >= 0.6 is 0 Å². The summed E-state index contributed by atoms with van der Waals surface area (Å²) >= 11 is 0. The van der Waals surface area contributed by atoms with E-state index in [1.54, 1.807) is 0 Å². The third kappa shape index (κ3) is 32.3. The number of hydrogen-bond donors (Lipinski definition) is 4. The molecule has 0 radical (unpaired) electrons. The number of rotatable bonds is 36. The molecule has 0 spiro atoms. The van der Waals surface area contributed by atoms with Crippen LogP contribution in [0.2, 0.25) is 0 Å². The third-order valence-corrected chi connectivity index (χ3v) is 10.4. The van der Waals surface area contributed by atoms with E-state index in [0.717, 1.165) is 51.4 Å². The average Bonchev–Trinajstić information content (AvgIpc) is 3.24. The van der Waals surface area contributed by atoms with Crippen LogP contribution in [0.25, 0.3) is 0 Å². The second kappa shape index (κ2) is 38.1. The van der Waals surface area contributed by atoms with Crippen LogP contribution in [-0.4, -0.2) is 96.0 Å². The third-order valence-electron chi connectivity index (χ3n) is 9.64. The molecule has 0 aromatic heterocycles. The highest BCUT2D eigenvalue weighted by Gasteiger charge is 2.46. The summed E-state index contributed by atoms with van der Waals surface area (Å²) < 4.78 is 53.9. The lowest BCUT2D eigenvalue weighted by molar-refractivity contribution is -0.297. The highest BCUT2D eigenvalue weighted by atomic mass is 32.2. The SMILES string of the molecule is CCCCC/C=C/C/C=C/C/C=C/C/C=C/CCCC(=O)OC[C@H](CO[C@H]1O[C@H](CS(=O)(=O)O)[C@@H](O)C(O)C1O)OC(=O)CCC/C=C/C/C=C/C/C=C/C/C=C/CCCCC. The van der Waals surface area contributed by atoms with Crippen LogP contribution < -0.4 is 0 Å². The van der Waals surface area contributed by atoms with E-state index in [4.69, 9.17) is 18.9 Å². The van der Waals surface area contributed by atoms with Crippen molar-refractivity contribution in [1.29, 1.82) is 0 Å². The van der Waals surface area contributed by atoms with Crippen molar-refractivity contribution in [3.63, 3.8) is 0 Å². The number of aliphatic hydroxyl groups excluding tert-OH is 3. The molecule has 1 saturated heterocycles. The first-order valence-electron chi connectivity index (χ1n) is 22.8. The Labute approximate surface area is 373 Å². The molecule has 1 heterocycles. The molecular formula is C49H78O12S. The molecule has 0 aromatic rings. The van der Waals surface area contributed by atoms with Gasteiger partial charge in [-0.25, -0.2) is 0 Å². The number of carbonyl (C=O) groups excluding carboxylic acids is 2. The van der Waals surface area contributed by atoms with Crippen LogP contribution in [0.1, 0.15) is 142 Å². The summed E-state index contributed by atoms with van der Waals surface area (Å²) in [6.07, 6.45) is 41.7. The lowest BCUT2D eigenvalue weighted by Gasteiger charge is -2.40. The molecule has 62 heavy (non-hydrogen) atoms. The Morgan fingerprint density at radius 3 is 1.37 bits per heavy atom. The largest absolute Gasteiger partial charge is 0.462 e. The molecule has 4 N–H and O–H groups in total. The standard InChI is InChI=1S/C49H78O12S/c1-3-5-7-9-11-13-15-17-19-21-23-25-27-29-31-33-35-37-44(50)58-39-42(40-59-49-48(54)47(53)46(52)43(61-49)41-62(55,56)57)60-45(51)38-36-34-32-30-28-26-24-22-20-18-16-14-12-10-8-6-4-2/h11-14,17-20,23-26,29-32,42-43,46-49,52-54H,3-10,15-16,21-22,27-28,33-41H2,1-2H3,(H,55,56,57)/b13-11+,14-12+,19-17+,20-18+,25-23+,26-24+,31-29+,32-30+/t42-,43-,46-,47?,48?,49+/m1/s1. The second-order valence-corrected chi connectivity index (χ2v) is 16.9. The summed E-state index contributed by atoms with van der Waals surface area (Å²) in [4.78, 5) is 25.4. The van der Waals surface area contributed by atoms with Crippen LogP contribution in [0.3, 0.4) is 0 Å². The predicted molar refractivity (Wildman–Crippen MR) is 247 cm³/mol. The molecule has 0 aliphatic carbocycles. The molecule has 1 rings (SSSR count). The van der Waals surface area contributed by atoms with Gasteiger partial charge >= 0.3 is 11.9 Å². The number of carbonyl (C=O) groups is 2. The van der Waals surface area contributed by atoms with Gasteiger partial charge in [0.15, 0.2) is 12.4 Å². The van der Waals surface area contributed by atoms with E-state index in [2.05, 4.69) is 86.8 Å². The Morgan fingerprint density at radius 2 is 0.952 bits per heavy atom. The number of aliphatic hydroxyl groups is 3. The van der Waals surface area contributed by atoms with E-state index < -0.39 is 71.2 Å². The minimum Gasteiger partial charge on any atom is -0.462 e. The van der Waals surface area contributed by atoms with Gasteiger partial charge < -0.3 is 34.3 Å². The van der Waals surface area contributed by atoms with Gasteiger partial charge in [0.25, 0.3) is 10.1 Å². The molecule has 2 unspecified atom stereocenters. The summed E-state index contributed by atoms with van der Waals surface area (Å²) in [6, 6.07) is 0. The van der Waals surface area contributed by atoms with Crippen LogP contribution in [0, 0.1) is 0 Å². The van der Waals surface area contributed by atoms with Crippen molar-refractivity contribution < 1.29 is 56.8 Å². The first kappa shape index (κ1) is 56.6. The molecule has 0 amide bonds. The van der Waals surface area contributed by atoms with Gasteiger partial charge in [-0.05, 0) is 89.9 Å². The molecule has 1 aliphatic heterocycles. The molecule has 0 saturated carbocycles. The summed E-state index contributed by atoms with van der Waals surface area (Å²) in [7, 11) is -4.62. The molecule has 0 aromatic carbocycles. The Morgan fingerprint density at radius 1 is 0.548 bits per heavy atom. The first-order chi connectivity index (χ1) is 30.0. The molecular weight excluding hydrogens is 813 g/mol. The number of hydrogen-bond acceptors (Lipinski definition) is 11. The average molecular weight is 891 g/mol. The van der Waals surface area contributed by atoms with E-state index in [9.17, 15) is 37.9 Å². The normalized spacial score (nSPS) is 20.8. The quantitative estimate of drug-likeness (QED) is 0.0202. The number of allylic oxidation sites excluding steroid dienone is 16. The Bertz CT molecular complexity index is 1510. The summed E-state index contributed by atoms with van der Waals surface area (Å²) in [5.74, 6) is -2.15. The van der Waals surface area contributed by atoms with Gasteiger partial charge in [0.1, 0.15) is 36.8 Å². The van der Waals surface area contributed by atoms with Gasteiger partial charge in [0.05, 0.1) is 6.61 Å². The smallest absolute Gasteiger partial charge is 0.306 e. The lowest BCUT2D eigenvalue weighted by Crippen LogP contribution is -2.60. The fraction of sp³-hybridized carbons (Fsp3) is 0.633. The van der Waals surface area contributed by atoms with E-state index in [-0.39, 0.29) is 19.4 Å². The maximum atomic E-state index is 12.8. The van der Waals surface area contributed by atoms with E-state index in [1.807, 2.05) is 24.3 Å². The van der Waals surface area contributed by atoms with Crippen molar-refractivity contribution in [2.24, 2.45) is 0 Å². The van der Waals surface area contributed by atoms with E-state index >= 15 is 0 Å². The zero-order chi connectivity index (χ0) is 45.5. The highest BCUT2D eigenvalue weighted by Crippen LogP contribution is 2.24. The molecule has 1 aliphatic rings. The number of ether oxygens (including phenoxy) is 4. The number of unbranched alkanes of at least 4 members (excludes halogenated alkanes) is 8. The molecule has 1 fully saturated rings. The van der Waals surface area contributed by atoms with Gasteiger partial charge in [-0.15, -0.1) is 0 Å². The maximum Gasteiger partial charge on any atom is 0.306 e. The highest BCUT2D eigenvalue weighted by molar-refractivity contribution is 7.85. The van der Waals surface area contributed by atoms with Gasteiger partial charge in [0, 0.05) is 12.8 Å². The van der Waals surface area contributed by atoms with Crippen LogP contribution in [0.4, 0.5) is 0 Å². The van der Waals surface area contributed by atoms with Crippen molar-refractivity contribution in [2.75, 3.05) is 19.0 Å². The zero-order valence-corrected chi connectivity index (χ0v) is 38.2. The zero-order valence-electron chi connectivity index (χ0n) is 37.4. The van der Waals surface area contributed by atoms with E-state index in [1.165, 1.54) is 38.5 Å². The van der Waals surface area contributed by atoms with Crippen molar-refractivity contribution in [2.45, 2.75) is 179 Å². The predicted octanol–water partition coefficient (Wildman–Crippen LogP) is 9.44. The van der Waals surface area contributed by atoms with Crippen molar-refractivity contribution in [1.82, 2.24) is 0 Å². The van der Waals surface area contributed by atoms with Gasteiger partial charge in [-0.1, -0.05) is 137 Å². The summed E-state index contributed by atoms with van der Waals surface area (Å²) in [5.41, 5.74) is 0. The molecule has 13 heteroatoms. The Kier molecular flexibility index (Phi) is 34.7. The van der Waals surface area contributed by atoms with Crippen molar-refractivity contribution in [3.05, 3.63) is 97.2 Å². The van der Waals surface area contributed by atoms with Crippen LogP contribution in [0.15, 0.2) is 97.2 Å². The molecule has 6 atom stereocenters. The Hall–Kier alpha value is -3.43. The lowest BCUT2D eigenvalue weighted by atomic mass is 10.00. The topological polar surface area (TPSA) is 186 Å².